The number of carbonyl (C=O) groups excluding carboxylic acids is 1. The summed E-state index contributed by atoms with van der Waals surface area (Å²) in [6, 6.07) is 1.75. The molecule has 0 N–H and O–H groups in total. The molecule has 0 unspecified atom stereocenters. The monoisotopic (exact) mass is 249 g/mol. The van der Waals surface area contributed by atoms with Gasteiger partial charge in [0.25, 0.3) is 0 Å². The maximum absolute atomic E-state index is 11.6. The quantitative estimate of drug-likeness (QED) is 0.591. The molecule has 5 heteroatoms. The highest BCUT2D eigenvalue weighted by Crippen LogP contribution is 2.52. The van der Waals surface area contributed by atoms with Crippen LogP contribution in [0.2, 0.25) is 0 Å². The summed E-state index contributed by atoms with van der Waals surface area (Å²) in [6.45, 7) is 6.07. The van der Waals surface area contributed by atoms with E-state index in [0.29, 0.717) is 18.1 Å². The van der Waals surface area contributed by atoms with E-state index in [-0.39, 0.29) is 23.8 Å². The molecule has 96 valence electrons. The Morgan fingerprint density at radius 2 is 2.33 bits per heavy atom. The summed E-state index contributed by atoms with van der Waals surface area (Å²) in [7, 11) is 0. The van der Waals surface area contributed by atoms with E-state index in [4.69, 9.17) is 14.2 Å². The van der Waals surface area contributed by atoms with E-state index in [2.05, 4.69) is 4.98 Å². The third-order valence-corrected chi connectivity index (χ3v) is 3.23. The van der Waals surface area contributed by atoms with Gasteiger partial charge in [0.1, 0.15) is 17.8 Å². The van der Waals surface area contributed by atoms with Crippen LogP contribution in [0.5, 0.6) is 5.88 Å². The molecule has 3 rings (SSSR count). The maximum Gasteiger partial charge on any atom is 0.339 e. The summed E-state index contributed by atoms with van der Waals surface area (Å²) < 4.78 is 16.3. The first-order valence-electron chi connectivity index (χ1n) is 6.04. The summed E-state index contributed by atoms with van der Waals surface area (Å²) in [5.41, 5.74) is 0.911. The van der Waals surface area contributed by atoms with Gasteiger partial charge in [0, 0.05) is 11.8 Å². The van der Waals surface area contributed by atoms with Crippen LogP contribution in [0.15, 0.2) is 12.3 Å². The number of ether oxygens (including phenoxy) is 3. The fourth-order valence-corrected chi connectivity index (χ4v) is 2.27. The van der Waals surface area contributed by atoms with Crippen molar-refractivity contribution in [1.82, 2.24) is 4.98 Å². The first kappa shape index (κ1) is 11.5. The lowest BCUT2D eigenvalue weighted by Gasteiger charge is -2.28. The standard InChI is InChI=1S/C13H15NO4/c1-4-16-12(15)7-5-8-9-10(17-9)13(2,3)18-11(8)14-6-7/h5-6,9-10H,4H2,1-3H3/t9-,10-/m0/s1. The van der Waals surface area contributed by atoms with E-state index in [1.807, 2.05) is 13.8 Å². The molecule has 1 aromatic rings. The molecular weight excluding hydrogens is 234 g/mol. The Morgan fingerprint density at radius 3 is 3.06 bits per heavy atom. The Kier molecular flexibility index (Phi) is 2.35. The predicted octanol–water partition coefficient (Wildman–Crippen LogP) is 1.87. The lowest BCUT2D eigenvalue weighted by molar-refractivity contribution is 0.0524. The van der Waals surface area contributed by atoms with Crippen molar-refractivity contribution < 1.29 is 19.0 Å². The van der Waals surface area contributed by atoms with Gasteiger partial charge < -0.3 is 14.2 Å². The second-order valence-corrected chi connectivity index (χ2v) is 5.02. The van der Waals surface area contributed by atoms with E-state index in [1.54, 1.807) is 13.0 Å². The van der Waals surface area contributed by atoms with Crippen molar-refractivity contribution in [3.05, 3.63) is 23.4 Å². The van der Waals surface area contributed by atoms with E-state index in [1.165, 1.54) is 6.20 Å². The number of nitrogens with zero attached hydrogens (tertiary/aromatic N) is 1. The molecule has 2 aliphatic rings. The summed E-state index contributed by atoms with van der Waals surface area (Å²) in [5, 5.41) is 0. The molecule has 2 aliphatic heterocycles. The summed E-state index contributed by atoms with van der Waals surface area (Å²) in [6.07, 6.45) is 1.52. The van der Waals surface area contributed by atoms with Crippen molar-refractivity contribution in [2.24, 2.45) is 0 Å². The van der Waals surface area contributed by atoms with Crippen LogP contribution in [-0.2, 0) is 9.47 Å². The summed E-state index contributed by atoms with van der Waals surface area (Å²) in [4.78, 5) is 15.8. The summed E-state index contributed by atoms with van der Waals surface area (Å²) >= 11 is 0. The number of fused-ring (bicyclic) bond motifs is 3. The number of aromatic nitrogens is 1. The normalized spacial score (nSPS) is 26.6. The van der Waals surface area contributed by atoms with Gasteiger partial charge in [-0.25, -0.2) is 9.78 Å². The highest BCUT2D eigenvalue weighted by Gasteiger charge is 2.57. The zero-order valence-electron chi connectivity index (χ0n) is 10.6. The van der Waals surface area contributed by atoms with Gasteiger partial charge in [0.05, 0.1) is 12.2 Å². The number of rotatable bonds is 2. The lowest BCUT2D eigenvalue weighted by atomic mass is 9.95. The molecule has 0 amide bonds. The summed E-state index contributed by atoms with van der Waals surface area (Å²) in [5.74, 6) is 0.182. The second kappa shape index (κ2) is 3.68. The topological polar surface area (TPSA) is 61.0 Å². The van der Waals surface area contributed by atoms with E-state index < -0.39 is 0 Å². The van der Waals surface area contributed by atoms with Gasteiger partial charge in [-0.3, -0.25) is 0 Å². The Hall–Kier alpha value is -1.62. The van der Waals surface area contributed by atoms with Crippen molar-refractivity contribution in [1.29, 1.82) is 0 Å². The Balaban J connectivity index is 1.94. The van der Waals surface area contributed by atoms with Crippen molar-refractivity contribution in [3.8, 4) is 5.88 Å². The first-order chi connectivity index (χ1) is 8.53. The van der Waals surface area contributed by atoms with Crippen LogP contribution in [0.1, 0.15) is 42.8 Å². The molecule has 0 spiro atoms. The third-order valence-electron chi connectivity index (χ3n) is 3.23. The molecule has 0 bridgehead atoms. The molecule has 1 aromatic heterocycles. The molecule has 0 aromatic carbocycles. The largest absolute Gasteiger partial charge is 0.468 e. The highest BCUT2D eigenvalue weighted by atomic mass is 16.6. The van der Waals surface area contributed by atoms with Crippen molar-refractivity contribution in [3.63, 3.8) is 0 Å². The van der Waals surface area contributed by atoms with Gasteiger partial charge >= 0.3 is 5.97 Å². The average molecular weight is 249 g/mol. The van der Waals surface area contributed by atoms with Crippen LogP contribution < -0.4 is 4.74 Å². The van der Waals surface area contributed by atoms with Crippen LogP contribution in [0.4, 0.5) is 0 Å². The number of hydrogen-bond donors (Lipinski definition) is 0. The van der Waals surface area contributed by atoms with Crippen LogP contribution >= 0.6 is 0 Å². The molecule has 1 saturated heterocycles. The molecule has 18 heavy (non-hydrogen) atoms. The van der Waals surface area contributed by atoms with E-state index >= 15 is 0 Å². The molecule has 3 heterocycles. The van der Waals surface area contributed by atoms with Crippen LogP contribution in [0.3, 0.4) is 0 Å². The minimum atomic E-state index is -0.366. The number of esters is 1. The first-order valence-corrected chi connectivity index (χ1v) is 6.04. The maximum atomic E-state index is 11.6. The smallest absolute Gasteiger partial charge is 0.339 e. The third kappa shape index (κ3) is 1.66. The minimum Gasteiger partial charge on any atom is -0.468 e. The van der Waals surface area contributed by atoms with Gasteiger partial charge in [-0.2, -0.15) is 0 Å². The fraction of sp³-hybridized carbons (Fsp3) is 0.538. The van der Waals surface area contributed by atoms with Crippen molar-refractivity contribution in [2.75, 3.05) is 6.61 Å². The average Bonchev–Trinajstić information content (AvgIpc) is 3.09. The van der Waals surface area contributed by atoms with Crippen LogP contribution in [-0.4, -0.2) is 29.3 Å². The van der Waals surface area contributed by atoms with Crippen LogP contribution in [0.25, 0.3) is 0 Å². The Morgan fingerprint density at radius 1 is 1.56 bits per heavy atom. The van der Waals surface area contributed by atoms with Gasteiger partial charge in [-0.05, 0) is 26.8 Å². The Labute approximate surface area is 105 Å². The Bertz CT molecular complexity index is 512. The molecule has 1 fully saturated rings. The number of carbonyl (C=O) groups is 1. The molecule has 5 nitrogen and oxygen atoms in total. The predicted molar refractivity (Wildman–Crippen MR) is 62.5 cm³/mol. The number of hydrogen-bond acceptors (Lipinski definition) is 5. The highest BCUT2D eigenvalue weighted by molar-refractivity contribution is 5.89. The molecular formula is C13H15NO4. The van der Waals surface area contributed by atoms with Crippen LogP contribution in [0, 0.1) is 0 Å². The minimum absolute atomic E-state index is 0.00868. The van der Waals surface area contributed by atoms with Gasteiger partial charge in [-0.15, -0.1) is 0 Å². The van der Waals surface area contributed by atoms with E-state index in [0.717, 1.165) is 5.56 Å². The lowest BCUT2D eigenvalue weighted by Crippen LogP contribution is -2.38. The molecule has 0 saturated carbocycles. The number of pyridine rings is 1. The zero-order chi connectivity index (χ0) is 12.9. The van der Waals surface area contributed by atoms with Gasteiger partial charge in [0.2, 0.25) is 5.88 Å². The van der Waals surface area contributed by atoms with E-state index in [9.17, 15) is 4.79 Å². The molecule has 0 radical (unpaired) electrons. The van der Waals surface area contributed by atoms with Gasteiger partial charge in [-0.1, -0.05) is 0 Å². The van der Waals surface area contributed by atoms with Crippen molar-refractivity contribution >= 4 is 5.97 Å². The zero-order valence-corrected chi connectivity index (χ0v) is 10.6. The number of epoxide rings is 1. The molecule has 2 atom stereocenters. The SMILES string of the molecule is CCOC(=O)c1cnc2c(c1)[C@@H]1O[C@@H]1C(C)(C)O2. The fourth-order valence-electron chi connectivity index (χ4n) is 2.27. The molecule has 0 aliphatic carbocycles. The second-order valence-electron chi connectivity index (χ2n) is 5.02. The van der Waals surface area contributed by atoms with Crippen molar-refractivity contribution in [2.45, 2.75) is 38.6 Å². The van der Waals surface area contributed by atoms with Gasteiger partial charge in [0.15, 0.2) is 0 Å².